The highest BCUT2D eigenvalue weighted by atomic mass is 79.9. The van der Waals surface area contributed by atoms with Crippen molar-refractivity contribution in [2.45, 2.75) is 13.5 Å². The van der Waals surface area contributed by atoms with Crippen molar-refractivity contribution in [1.82, 2.24) is 5.32 Å². The standard InChI is InChI=1S/C14H11BrFNO4/c1-7-10(14(19)20)5-9(21-7)6-17-13(18)8-2-3-11(15)12(16)4-8/h2-5H,6H2,1H3,(H,17,18)(H,19,20). The van der Waals surface area contributed by atoms with Crippen molar-refractivity contribution in [3.63, 3.8) is 0 Å². The van der Waals surface area contributed by atoms with Gasteiger partial charge >= 0.3 is 5.97 Å². The molecule has 1 aromatic heterocycles. The van der Waals surface area contributed by atoms with Crippen LogP contribution in [0.4, 0.5) is 4.39 Å². The van der Waals surface area contributed by atoms with E-state index >= 15 is 0 Å². The predicted molar refractivity (Wildman–Crippen MR) is 75.7 cm³/mol. The molecule has 110 valence electrons. The van der Waals surface area contributed by atoms with Gasteiger partial charge in [-0.05, 0) is 47.1 Å². The Bertz CT molecular complexity index is 711. The quantitative estimate of drug-likeness (QED) is 0.882. The molecule has 1 aromatic carbocycles. The highest BCUT2D eigenvalue weighted by Gasteiger charge is 2.15. The molecule has 1 heterocycles. The first kappa shape index (κ1) is 15.2. The third kappa shape index (κ3) is 3.49. The summed E-state index contributed by atoms with van der Waals surface area (Å²) in [6.45, 7) is 1.55. The number of carbonyl (C=O) groups is 2. The van der Waals surface area contributed by atoms with Crippen LogP contribution in [0.1, 0.15) is 32.2 Å². The Morgan fingerprint density at radius 2 is 2.10 bits per heavy atom. The summed E-state index contributed by atoms with van der Waals surface area (Å²) in [5.41, 5.74) is 0.214. The lowest BCUT2D eigenvalue weighted by molar-refractivity contribution is 0.0694. The van der Waals surface area contributed by atoms with Crippen molar-refractivity contribution in [2.75, 3.05) is 0 Å². The number of rotatable bonds is 4. The molecule has 1 amide bonds. The summed E-state index contributed by atoms with van der Waals surface area (Å²) in [6.07, 6.45) is 0. The van der Waals surface area contributed by atoms with Gasteiger partial charge in [0.2, 0.25) is 0 Å². The first-order valence-electron chi connectivity index (χ1n) is 5.94. The van der Waals surface area contributed by atoms with Crippen LogP contribution in [0.2, 0.25) is 0 Å². The highest BCUT2D eigenvalue weighted by molar-refractivity contribution is 9.10. The van der Waals surface area contributed by atoms with Crippen molar-refractivity contribution in [3.05, 3.63) is 57.2 Å². The van der Waals surface area contributed by atoms with E-state index in [1.807, 2.05) is 0 Å². The molecule has 0 aliphatic carbocycles. The minimum absolute atomic E-state index is 0.0185. The molecule has 0 aliphatic heterocycles. The Balaban J connectivity index is 2.05. The first-order chi connectivity index (χ1) is 9.88. The molecule has 0 saturated carbocycles. The fraction of sp³-hybridized carbons (Fsp3) is 0.143. The number of aromatic carboxylic acids is 1. The zero-order chi connectivity index (χ0) is 15.6. The van der Waals surface area contributed by atoms with Crippen LogP contribution in [0.3, 0.4) is 0 Å². The van der Waals surface area contributed by atoms with Crippen molar-refractivity contribution in [1.29, 1.82) is 0 Å². The molecule has 7 heteroatoms. The van der Waals surface area contributed by atoms with Crippen LogP contribution >= 0.6 is 15.9 Å². The molecule has 0 bridgehead atoms. The van der Waals surface area contributed by atoms with Crippen LogP contribution in [0.15, 0.2) is 33.2 Å². The predicted octanol–water partition coefficient (Wildman–Crippen LogP) is 3.12. The van der Waals surface area contributed by atoms with E-state index in [0.29, 0.717) is 5.76 Å². The number of benzene rings is 1. The molecule has 2 N–H and O–H groups in total. The van der Waals surface area contributed by atoms with Crippen molar-refractivity contribution >= 4 is 27.8 Å². The fourth-order valence-corrected chi connectivity index (χ4v) is 2.00. The zero-order valence-electron chi connectivity index (χ0n) is 10.9. The smallest absolute Gasteiger partial charge is 0.339 e. The van der Waals surface area contributed by atoms with E-state index in [1.165, 1.54) is 25.1 Å². The van der Waals surface area contributed by atoms with Gasteiger partial charge in [-0.25, -0.2) is 9.18 Å². The molecule has 0 saturated heterocycles. The van der Waals surface area contributed by atoms with E-state index in [0.717, 1.165) is 6.07 Å². The van der Waals surface area contributed by atoms with Gasteiger partial charge in [0, 0.05) is 5.56 Å². The maximum absolute atomic E-state index is 13.3. The minimum atomic E-state index is -1.09. The number of nitrogens with one attached hydrogen (secondary N) is 1. The third-order valence-electron chi connectivity index (χ3n) is 2.80. The summed E-state index contributed by atoms with van der Waals surface area (Å²) in [5.74, 6) is -1.53. The molecular formula is C14H11BrFNO4. The van der Waals surface area contributed by atoms with E-state index < -0.39 is 17.7 Å². The van der Waals surface area contributed by atoms with Crippen molar-refractivity contribution in [2.24, 2.45) is 0 Å². The number of furan rings is 1. The summed E-state index contributed by atoms with van der Waals surface area (Å²) in [5, 5.41) is 11.4. The van der Waals surface area contributed by atoms with Crippen LogP contribution in [-0.2, 0) is 6.54 Å². The molecule has 0 aliphatic rings. The SMILES string of the molecule is Cc1oc(CNC(=O)c2ccc(Br)c(F)c2)cc1C(=O)O. The zero-order valence-corrected chi connectivity index (χ0v) is 12.5. The highest BCUT2D eigenvalue weighted by Crippen LogP contribution is 2.17. The Morgan fingerprint density at radius 3 is 2.67 bits per heavy atom. The summed E-state index contributed by atoms with van der Waals surface area (Å²) in [4.78, 5) is 22.7. The minimum Gasteiger partial charge on any atom is -0.478 e. The van der Waals surface area contributed by atoms with Crippen molar-refractivity contribution in [3.8, 4) is 0 Å². The lowest BCUT2D eigenvalue weighted by Crippen LogP contribution is -2.22. The van der Waals surface area contributed by atoms with Gasteiger partial charge in [0.1, 0.15) is 22.9 Å². The van der Waals surface area contributed by atoms with E-state index in [9.17, 15) is 14.0 Å². The molecule has 0 fully saturated rings. The van der Waals surface area contributed by atoms with Gasteiger partial charge < -0.3 is 14.8 Å². The monoisotopic (exact) mass is 355 g/mol. The summed E-state index contributed by atoms with van der Waals surface area (Å²) in [6, 6.07) is 5.36. The number of carbonyl (C=O) groups excluding carboxylic acids is 1. The maximum Gasteiger partial charge on any atom is 0.339 e. The molecule has 2 rings (SSSR count). The average Bonchev–Trinajstić information content (AvgIpc) is 2.80. The number of halogens is 2. The summed E-state index contributed by atoms with van der Waals surface area (Å²) < 4.78 is 18.8. The summed E-state index contributed by atoms with van der Waals surface area (Å²) in [7, 11) is 0. The van der Waals surface area contributed by atoms with E-state index in [2.05, 4.69) is 21.2 Å². The molecule has 0 unspecified atom stereocenters. The van der Waals surface area contributed by atoms with Crippen LogP contribution in [0, 0.1) is 12.7 Å². The number of hydrogen-bond acceptors (Lipinski definition) is 3. The molecule has 21 heavy (non-hydrogen) atoms. The van der Waals surface area contributed by atoms with Gasteiger partial charge in [0.25, 0.3) is 5.91 Å². The molecule has 2 aromatic rings. The average molecular weight is 356 g/mol. The topological polar surface area (TPSA) is 79.5 Å². The van der Waals surface area contributed by atoms with Crippen LogP contribution in [0.5, 0.6) is 0 Å². The number of hydrogen-bond donors (Lipinski definition) is 2. The maximum atomic E-state index is 13.3. The molecule has 0 atom stereocenters. The first-order valence-corrected chi connectivity index (χ1v) is 6.73. The van der Waals surface area contributed by atoms with Gasteiger partial charge in [0.05, 0.1) is 11.0 Å². The lowest BCUT2D eigenvalue weighted by atomic mass is 10.2. The van der Waals surface area contributed by atoms with Crippen molar-refractivity contribution < 1.29 is 23.5 Å². The van der Waals surface area contributed by atoms with Crippen LogP contribution in [-0.4, -0.2) is 17.0 Å². The Labute approximate surface area is 127 Å². The Hall–Kier alpha value is -2.15. The van der Waals surface area contributed by atoms with Gasteiger partial charge in [-0.1, -0.05) is 0 Å². The second kappa shape index (κ2) is 6.09. The molecule has 0 radical (unpaired) electrons. The molecule has 5 nitrogen and oxygen atoms in total. The van der Waals surface area contributed by atoms with E-state index in [-0.39, 0.29) is 27.9 Å². The van der Waals surface area contributed by atoms with E-state index in [4.69, 9.17) is 9.52 Å². The van der Waals surface area contributed by atoms with E-state index in [1.54, 1.807) is 0 Å². The third-order valence-corrected chi connectivity index (χ3v) is 3.45. The number of carboxylic acid groups (broad SMARTS) is 1. The lowest BCUT2D eigenvalue weighted by Gasteiger charge is -2.04. The number of amides is 1. The molecule has 0 spiro atoms. The molecular weight excluding hydrogens is 345 g/mol. The van der Waals surface area contributed by atoms with Gasteiger partial charge in [-0.15, -0.1) is 0 Å². The second-order valence-corrected chi connectivity index (χ2v) is 5.15. The number of aryl methyl sites for hydroxylation is 1. The van der Waals surface area contributed by atoms with Crippen LogP contribution in [0.25, 0.3) is 0 Å². The summed E-state index contributed by atoms with van der Waals surface area (Å²) >= 11 is 3.00. The van der Waals surface area contributed by atoms with Gasteiger partial charge in [-0.2, -0.15) is 0 Å². The number of carboxylic acids is 1. The second-order valence-electron chi connectivity index (χ2n) is 4.30. The Kier molecular flexibility index (Phi) is 4.42. The largest absolute Gasteiger partial charge is 0.478 e. The van der Waals surface area contributed by atoms with Gasteiger partial charge in [0.15, 0.2) is 0 Å². The normalized spacial score (nSPS) is 10.4. The fourth-order valence-electron chi connectivity index (χ4n) is 1.75. The van der Waals surface area contributed by atoms with Gasteiger partial charge in [-0.3, -0.25) is 4.79 Å². The van der Waals surface area contributed by atoms with Crippen LogP contribution < -0.4 is 5.32 Å². The Morgan fingerprint density at radius 1 is 1.38 bits per heavy atom.